The molecule has 2 N–H and O–H groups in total. The molecule has 0 radical (unpaired) electrons. The molecule has 3 aliphatic rings. The van der Waals surface area contributed by atoms with E-state index in [2.05, 4.69) is 32.6 Å². The van der Waals surface area contributed by atoms with Crippen molar-refractivity contribution in [2.45, 2.75) is 64.4 Å². The van der Waals surface area contributed by atoms with Gasteiger partial charge in [0.25, 0.3) is 0 Å². The Morgan fingerprint density at radius 3 is 2.50 bits per heavy atom. The molecule has 4 heteroatoms. The standard InChI is InChI=1S/C16H30N2O2/c1-11-8-18(9-12(2)20-11)10-16(17)13-6-5-7-19-14(13)15(16,3)4/h11-14H,5-10,17H2,1-4H3/t11-,12+,13?,14?,16?. The molecule has 0 aromatic heterocycles. The van der Waals surface area contributed by atoms with Crippen molar-refractivity contribution < 1.29 is 9.47 Å². The van der Waals surface area contributed by atoms with Crippen LogP contribution >= 0.6 is 0 Å². The molecule has 116 valence electrons. The van der Waals surface area contributed by atoms with Crippen LogP contribution in [0.3, 0.4) is 0 Å². The molecule has 1 aliphatic carbocycles. The van der Waals surface area contributed by atoms with Crippen LogP contribution in [0.15, 0.2) is 0 Å². The summed E-state index contributed by atoms with van der Waals surface area (Å²) in [6.07, 6.45) is 3.36. The van der Waals surface area contributed by atoms with Crippen LogP contribution in [0.1, 0.15) is 40.5 Å². The number of morpholine rings is 1. The zero-order chi connectivity index (χ0) is 14.5. The topological polar surface area (TPSA) is 47.7 Å². The van der Waals surface area contributed by atoms with Gasteiger partial charge < -0.3 is 15.2 Å². The van der Waals surface area contributed by atoms with Crippen LogP contribution in [0.25, 0.3) is 0 Å². The average Bonchev–Trinajstić information content (AvgIpc) is 2.37. The molecule has 0 spiro atoms. The fraction of sp³-hybridized carbons (Fsp3) is 1.00. The third-order valence-electron chi connectivity index (χ3n) is 5.88. The second-order valence-corrected chi connectivity index (χ2v) is 7.75. The van der Waals surface area contributed by atoms with E-state index in [4.69, 9.17) is 15.2 Å². The van der Waals surface area contributed by atoms with E-state index in [1.807, 2.05) is 0 Å². The minimum absolute atomic E-state index is 0.0723. The van der Waals surface area contributed by atoms with E-state index >= 15 is 0 Å². The molecule has 1 saturated carbocycles. The van der Waals surface area contributed by atoms with Crippen molar-refractivity contribution in [2.75, 3.05) is 26.2 Å². The Bertz CT molecular complexity index is 363. The Hall–Kier alpha value is -0.160. The number of hydrogen-bond donors (Lipinski definition) is 1. The lowest BCUT2D eigenvalue weighted by Gasteiger charge is -2.67. The van der Waals surface area contributed by atoms with E-state index < -0.39 is 0 Å². The van der Waals surface area contributed by atoms with E-state index in [9.17, 15) is 0 Å². The van der Waals surface area contributed by atoms with Gasteiger partial charge in [0, 0.05) is 43.1 Å². The number of fused-ring (bicyclic) bond motifs is 1. The maximum atomic E-state index is 6.89. The normalized spacial score (nSPS) is 48.5. The Kier molecular flexibility index (Phi) is 3.65. The van der Waals surface area contributed by atoms with Gasteiger partial charge in [0.05, 0.1) is 18.3 Å². The van der Waals surface area contributed by atoms with Gasteiger partial charge in [0.1, 0.15) is 0 Å². The summed E-state index contributed by atoms with van der Waals surface area (Å²) < 4.78 is 11.8. The summed E-state index contributed by atoms with van der Waals surface area (Å²) in [6.45, 7) is 12.8. The first kappa shape index (κ1) is 14.8. The fourth-order valence-electron chi connectivity index (χ4n) is 4.77. The number of nitrogens with two attached hydrogens (primary N) is 1. The molecule has 3 fully saturated rings. The Balaban J connectivity index is 1.72. The van der Waals surface area contributed by atoms with Crippen LogP contribution in [0, 0.1) is 11.3 Å². The maximum absolute atomic E-state index is 6.89. The predicted octanol–water partition coefficient (Wildman–Crippen LogP) is 1.63. The highest BCUT2D eigenvalue weighted by molar-refractivity contribution is 5.21. The third-order valence-corrected chi connectivity index (χ3v) is 5.88. The number of hydrogen-bond acceptors (Lipinski definition) is 4. The first-order valence-corrected chi connectivity index (χ1v) is 8.13. The van der Waals surface area contributed by atoms with Gasteiger partial charge in [-0.1, -0.05) is 13.8 Å². The van der Waals surface area contributed by atoms with Crippen molar-refractivity contribution in [1.29, 1.82) is 0 Å². The van der Waals surface area contributed by atoms with Gasteiger partial charge in [0.2, 0.25) is 0 Å². The minimum Gasteiger partial charge on any atom is -0.377 e. The average molecular weight is 282 g/mol. The van der Waals surface area contributed by atoms with Gasteiger partial charge in [-0.2, -0.15) is 0 Å². The van der Waals surface area contributed by atoms with Crippen molar-refractivity contribution in [3.05, 3.63) is 0 Å². The molecule has 2 aliphatic heterocycles. The number of rotatable bonds is 2. The van der Waals surface area contributed by atoms with Crippen molar-refractivity contribution in [3.63, 3.8) is 0 Å². The summed E-state index contributed by atoms with van der Waals surface area (Å²) in [5.74, 6) is 0.528. The quantitative estimate of drug-likeness (QED) is 0.836. The van der Waals surface area contributed by atoms with Crippen molar-refractivity contribution >= 4 is 0 Å². The highest BCUT2D eigenvalue weighted by Gasteiger charge is 2.66. The molecule has 0 aromatic carbocycles. The molecule has 3 rings (SSSR count). The zero-order valence-corrected chi connectivity index (χ0v) is 13.4. The molecule has 5 atom stereocenters. The van der Waals surface area contributed by atoms with Gasteiger partial charge >= 0.3 is 0 Å². The van der Waals surface area contributed by atoms with E-state index in [-0.39, 0.29) is 11.0 Å². The van der Waals surface area contributed by atoms with E-state index in [1.165, 1.54) is 6.42 Å². The van der Waals surface area contributed by atoms with Crippen molar-refractivity contribution in [2.24, 2.45) is 17.1 Å². The molecule has 0 bridgehead atoms. The van der Waals surface area contributed by atoms with Gasteiger partial charge in [-0.05, 0) is 26.7 Å². The van der Waals surface area contributed by atoms with Crippen LogP contribution in [0.4, 0.5) is 0 Å². The molecule has 2 saturated heterocycles. The summed E-state index contributed by atoms with van der Waals surface area (Å²) in [4.78, 5) is 2.51. The second-order valence-electron chi connectivity index (χ2n) is 7.75. The first-order valence-electron chi connectivity index (χ1n) is 8.13. The smallest absolute Gasteiger partial charge is 0.0690 e. The summed E-state index contributed by atoms with van der Waals surface area (Å²) in [5, 5.41) is 0. The summed E-state index contributed by atoms with van der Waals surface area (Å²) in [7, 11) is 0. The van der Waals surface area contributed by atoms with Crippen LogP contribution in [0.5, 0.6) is 0 Å². The molecular formula is C16H30N2O2. The van der Waals surface area contributed by atoms with Crippen molar-refractivity contribution in [3.8, 4) is 0 Å². The molecular weight excluding hydrogens is 252 g/mol. The van der Waals surface area contributed by atoms with Gasteiger partial charge in [-0.15, -0.1) is 0 Å². The monoisotopic (exact) mass is 282 g/mol. The van der Waals surface area contributed by atoms with Crippen LogP contribution in [-0.4, -0.2) is 55.0 Å². The van der Waals surface area contributed by atoms with Crippen LogP contribution < -0.4 is 5.73 Å². The fourth-order valence-corrected chi connectivity index (χ4v) is 4.77. The Labute approximate surface area is 123 Å². The number of nitrogens with zero attached hydrogens (tertiary/aromatic N) is 1. The Morgan fingerprint density at radius 1 is 1.20 bits per heavy atom. The van der Waals surface area contributed by atoms with Crippen LogP contribution in [-0.2, 0) is 9.47 Å². The van der Waals surface area contributed by atoms with Gasteiger partial charge in [-0.3, -0.25) is 4.90 Å². The molecule has 0 amide bonds. The highest BCUT2D eigenvalue weighted by Crippen LogP contribution is 2.57. The highest BCUT2D eigenvalue weighted by atomic mass is 16.5. The molecule has 20 heavy (non-hydrogen) atoms. The van der Waals surface area contributed by atoms with Crippen molar-refractivity contribution in [1.82, 2.24) is 4.90 Å². The zero-order valence-electron chi connectivity index (χ0n) is 13.4. The van der Waals surface area contributed by atoms with Gasteiger partial charge in [0.15, 0.2) is 0 Å². The first-order chi connectivity index (χ1) is 9.34. The summed E-state index contributed by atoms with van der Waals surface area (Å²) in [5.41, 5.74) is 6.85. The SMILES string of the molecule is C[C@@H]1CN(CC2(N)C3CCCOC3C2(C)C)C[C@H](C)O1. The predicted molar refractivity (Wildman–Crippen MR) is 79.6 cm³/mol. The summed E-state index contributed by atoms with van der Waals surface area (Å²) >= 11 is 0. The minimum atomic E-state index is -0.116. The van der Waals surface area contributed by atoms with E-state index in [0.717, 1.165) is 32.7 Å². The Morgan fingerprint density at radius 2 is 1.85 bits per heavy atom. The van der Waals surface area contributed by atoms with E-state index in [1.54, 1.807) is 0 Å². The van der Waals surface area contributed by atoms with Crippen LogP contribution in [0.2, 0.25) is 0 Å². The maximum Gasteiger partial charge on any atom is 0.0690 e. The lowest BCUT2D eigenvalue weighted by atomic mass is 9.46. The second kappa shape index (κ2) is 4.94. The molecule has 3 unspecified atom stereocenters. The lowest BCUT2D eigenvalue weighted by Crippen LogP contribution is -2.80. The number of ether oxygens (including phenoxy) is 2. The third kappa shape index (κ3) is 2.12. The van der Waals surface area contributed by atoms with E-state index in [0.29, 0.717) is 24.2 Å². The van der Waals surface area contributed by atoms with Gasteiger partial charge in [-0.25, -0.2) is 0 Å². The summed E-state index contributed by atoms with van der Waals surface area (Å²) in [6, 6.07) is 0. The molecule has 2 heterocycles. The molecule has 4 nitrogen and oxygen atoms in total. The molecule has 0 aromatic rings. The largest absolute Gasteiger partial charge is 0.377 e. The lowest BCUT2D eigenvalue weighted by molar-refractivity contribution is -0.235.